The zero-order valence-corrected chi connectivity index (χ0v) is 11.8. The van der Waals surface area contributed by atoms with Gasteiger partial charge < -0.3 is 15.0 Å². The molecule has 0 bridgehead atoms. The zero-order chi connectivity index (χ0) is 16.5. The molecule has 2 heterocycles. The van der Waals surface area contributed by atoms with E-state index in [2.05, 4.69) is 15.4 Å². The lowest BCUT2D eigenvalue weighted by Gasteiger charge is -2.29. The summed E-state index contributed by atoms with van der Waals surface area (Å²) in [6, 6.07) is 1.42. The molecule has 0 fully saturated rings. The van der Waals surface area contributed by atoms with E-state index in [0.717, 1.165) is 10.8 Å². The third-order valence-electron chi connectivity index (χ3n) is 3.06. The number of alkyl halides is 3. The number of aryl methyl sites for hydroxylation is 2. The Hall–Kier alpha value is -2.36. The normalized spacial score (nSPS) is 14.6. The van der Waals surface area contributed by atoms with E-state index < -0.39 is 29.9 Å². The summed E-state index contributed by atoms with van der Waals surface area (Å²) >= 11 is 0. The van der Waals surface area contributed by atoms with Gasteiger partial charge in [0, 0.05) is 38.8 Å². The second kappa shape index (κ2) is 5.44. The van der Waals surface area contributed by atoms with Gasteiger partial charge in [0.1, 0.15) is 0 Å². The average molecular weight is 317 g/mol. The summed E-state index contributed by atoms with van der Waals surface area (Å²) in [5.41, 5.74) is -3.38. The molecular weight excluding hydrogens is 303 g/mol. The van der Waals surface area contributed by atoms with Crippen molar-refractivity contribution in [3.8, 4) is 0 Å². The van der Waals surface area contributed by atoms with Crippen molar-refractivity contribution in [2.24, 2.45) is 14.1 Å². The van der Waals surface area contributed by atoms with Crippen LogP contribution in [-0.2, 0) is 24.5 Å². The van der Waals surface area contributed by atoms with Crippen molar-refractivity contribution in [1.29, 1.82) is 0 Å². The minimum atomic E-state index is -5.06. The first-order valence-electron chi connectivity index (χ1n) is 6.20. The Morgan fingerprint density at radius 1 is 1.36 bits per heavy atom. The predicted octanol–water partition coefficient (Wildman–Crippen LogP) is 0.932. The number of nitrogens with one attached hydrogen (secondary N) is 1. The Bertz CT molecular complexity index is 678. The lowest BCUT2D eigenvalue weighted by Crippen LogP contribution is -2.46. The molecule has 0 aliphatic carbocycles. The highest BCUT2D eigenvalue weighted by atomic mass is 19.4. The molecule has 0 spiro atoms. The number of carbonyl (C=O) groups excluding carboxylic acids is 1. The summed E-state index contributed by atoms with van der Waals surface area (Å²) in [6.07, 6.45) is -2.40. The fourth-order valence-electron chi connectivity index (χ4n) is 1.97. The monoisotopic (exact) mass is 317 g/mol. The maximum atomic E-state index is 13.2. The molecule has 0 radical (unpaired) electrons. The number of carbonyl (C=O) groups is 1. The van der Waals surface area contributed by atoms with E-state index in [9.17, 15) is 23.1 Å². The fourth-order valence-corrected chi connectivity index (χ4v) is 1.97. The molecule has 0 aliphatic heterocycles. The molecule has 2 aromatic rings. The van der Waals surface area contributed by atoms with Gasteiger partial charge >= 0.3 is 6.18 Å². The van der Waals surface area contributed by atoms with Crippen LogP contribution in [0.3, 0.4) is 0 Å². The largest absolute Gasteiger partial charge is 0.425 e. The predicted molar refractivity (Wildman–Crippen MR) is 69.6 cm³/mol. The van der Waals surface area contributed by atoms with Crippen LogP contribution in [0.2, 0.25) is 0 Å². The van der Waals surface area contributed by atoms with Crippen molar-refractivity contribution in [2.45, 2.75) is 18.2 Å². The van der Waals surface area contributed by atoms with Gasteiger partial charge in [-0.3, -0.25) is 9.48 Å². The maximum Gasteiger partial charge on any atom is 0.425 e. The Morgan fingerprint density at radius 3 is 2.50 bits per heavy atom. The molecule has 1 amide bonds. The second-order valence-corrected chi connectivity index (χ2v) is 4.82. The van der Waals surface area contributed by atoms with Crippen LogP contribution in [0.15, 0.2) is 24.7 Å². The number of aliphatic hydroxyl groups is 1. The third kappa shape index (κ3) is 2.96. The average Bonchev–Trinajstić information content (AvgIpc) is 2.96. The van der Waals surface area contributed by atoms with E-state index in [4.69, 9.17) is 0 Å². The summed E-state index contributed by atoms with van der Waals surface area (Å²) in [5.74, 6) is -1.59. The SMILES string of the molecule is Cn1ccc(NC(=O)CC(O)(c2nccn2C)C(F)(F)F)n1. The van der Waals surface area contributed by atoms with Gasteiger partial charge in [-0.15, -0.1) is 0 Å². The number of rotatable bonds is 4. The van der Waals surface area contributed by atoms with Crippen LogP contribution < -0.4 is 5.32 Å². The first-order chi connectivity index (χ1) is 10.1. The lowest BCUT2D eigenvalue weighted by molar-refractivity contribution is -0.270. The van der Waals surface area contributed by atoms with Gasteiger partial charge in [0.05, 0.1) is 6.42 Å². The molecule has 2 N–H and O–H groups in total. The molecule has 1 unspecified atom stereocenters. The highest BCUT2D eigenvalue weighted by Gasteiger charge is 2.58. The molecule has 22 heavy (non-hydrogen) atoms. The molecule has 10 heteroatoms. The fraction of sp³-hybridized carbons (Fsp3) is 0.417. The quantitative estimate of drug-likeness (QED) is 0.878. The van der Waals surface area contributed by atoms with Crippen molar-refractivity contribution in [1.82, 2.24) is 19.3 Å². The highest BCUT2D eigenvalue weighted by molar-refractivity contribution is 5.90. The summed E-state index contributed by atoms with van der Waals surface area (Å²) in [4.78, 5) is 15.3. The van der Waals surface area contributed by atoms with Crippen LogP contribution in [0.4, 0.5) is 19.0 Å². The molecule has 7 nitrogen and oxygen atoms in total. The van der Waals surface area contributed by atoms with Crippen molar-refractivity contribution >= 4 is 11.7 Å². The molecule has 0 saturated heterocycles. The molecule has 2 aromatic heterocycles. The standard InChI is InChI=1S/C12H14F3N5O2/c1-19-6-4-16-10(19)11(22,12(13,14)15)7-9(21)17-8-3-5-20(2)18-8/h3-6,22H,7H2,1-2H3,(H,17,18,21). The van der Waals surface area contributed by atoms with Crippen LogP contribution in [0.5, 0.6) is 0 Å². The van der Waals surface area contributed by atoms with Crippen LogP contribution in [-0.4, -0.2) is 36.5 Å². The van der Waals surface area contributed by atoms with Crippen molar-refractivity contribution in [2.75, 3.05) is 5.32 Å². The van der Waals surface area contributed by atoms with Gasteiger partial charge in [0.2, 0.25) is 11.5 Å². The third-order valence-corrected chi connectivity index (χ3v) is 3.06. The van der Waals surface area contributed by atoms with Gasteiger partial charge in [-0.05, 0) is 0 Å². The number of hydrogen-bond donors (Lipinski definition) is 2. The van der Waals surface area contributed by atoms with E-state index in [1.807, 2.05) is 0 Å². The maximum absolute atomic E-state index is 13.2. The molecule has 0 aromatic carbocycles. The Morgan fingerprint density at radius 2 is 2.05 bits per heavy atom. The molecular formula is C12H14F3N5O2. The summed E-state index contributed by atoms with van der Waals surface area (Å²) in [6.45, 7) is 0. The number of hydrogen-bond acceptors (Lipinski definition) is 4. The highest BCUT2D eigenvalue weighted by Crippen LogP contribution is 2.40. The lowest BCUT2D eigenvalue weighted by atomic mass is 9.97. The molecule has 0 saturated carbocycles. The van der Waals surface area contributed by atoms with Crippen molar-refractivity contribution in [3.63, 3.8) is 0 Å². The number of aromatic nitrogens is 4. The minimum Gasteiger partial charge on any atom is -0.374 e. The van der Waals surface area contributed by atoms with Gasteiger partial charge in [-0.25, -0.2) is 4.98 Å². The van der Waals surface area contributed by atoms with E-state index in [0.29, 0.717) is 0 Å². The molecule has 0 aliphatic rings. The minimum absolute atomic E-state index is 0.0943. The topological polar surface area (TPSA) is 85.0 Å². The Balaban J connectivity index is 2.24. The van der Waals surface area contributed by atoms with Crippen LogP contribution >= 0.6 is 0 Å². The molecule has 120 valence electrons. The summed E-state index contributed by atoms with van der Waals surface area (Å²) in [7, 11) is 2.89. The van der Waals surface area contributed by atoms with Gasteiger partial charge in [0.15, 0.2) is 11.6 Å². The van der Waals surface area contributed by atoms with E-state index in [1.54, 1.807) is 7.05 Å². The number of anilines is 1. The molecule has 1 atom stereocenters. The van der Waals surface area contributed by atoms with Crippen LogP contribution in [0, 0.1) is 0 Å². The summed E-state index contributed by atoms with van der Waals surface area (Å²) < 4.78 is 42.1. The number of imidazole rings is 1. The van der Waals surface area contributed by atoms with Crippen molar-refractivity contribution in [3.05, 3.63) is 30.5 Å². The number of halogens is 3. The molecule has 2 rings (SSSR count). The first-order valence-corrected chi connectivity index (χ1v) is 6.20. The first kappa shape index (κ1) is 16.0. The van der Waals surface area contributed by atoms with Crippen LogP contribution in [0.25, 0.3) is 0 Å². The Kier molecular flexibility index (Phi) is 3.96. The second-order valence-electron chi connectivity index (χ2n) is 4.82. The summed E-state index contributed by atoms with van der Waals surface area (Å²) in [5, 5.41) is 16.1. The van der Waals surface area contributed by atoms with E-state index >= 15 is 0 Å². The van der Waals surface area contributed by atoms with E-state index in [-0.39, 0.29) is 5.82 Å². The Labute approximate surface area is 123 Å². The smallest absolute Gasteiger partial charge is 0.374 e. The van der Waals surface area contributed by atoms with Gasteiger partial charge in [-0.2, -0.15) is 18.3 Å². The number of nitrogens with zero attached hydrogens (tertiary/aromatic N) is 4. The van der Waals surface area contributed by atoms with Crippen LogP contribution in [0.1, 0.15) is 12.2 Å². The van der Waals surface area contributed by atoms with E-state index in [1.165, 1.54) is 30.2 Å². The zero-order valence-electron chi connectivity index (χ0n) is 11.8. The number of amides is 1. The van der Waals surface area contributed by atoms with Gasteiger partial charge in [0.25, 0.3) is 0 Å². The van der Waals surface area contributed by atoms with Crippen molar-refractivity contribution < 1.29 is 23.1 Å². The van der Waals surface area contributed by atoms with Gasteiger partial charge in [-0.1, -0.05) is 0 Å².